The van der Waals surface area contributed by atoms with E-state index >= 15 is 0 Å². The third-order valence-electron chi connectivity index (χ3n) is 1.15. The monoisotopic (exact) mass is 115 g/mol. The molecule has 2 aliphatic heterocycles. The molecule has 0 N–H and O–H groups in total. The lowest BCUT2D eigenvalue weighted by atomic mass is 10.4. The van der Waals surface area contributed by atoms with Crippen molar-refractivity contribution in [2.75, 3.05) is 0 Å². The van der Waals surface area contributed by atoms with Crippen LogP contribution in [0, 0.1) is 0 Å². The molecule has 0 fully saturated rings. The van der Waals surface area contributed by atoms with Crippen molar-refractivity contribution in [3.05, 3.63) is 23.5 Å². The predicted molar refractivity (Wildman–Crippen MR) is 38.9 cm³/mol. The van der Waals surface area contributed by atoms with Gasteiger partial charge in [0.05, 0.1) is 11.4 Å². The molecular formula is C6H4BN2. The highest BCUT2D eigenvalue weighted by Crippen LogP contribution is 2.19. The highest BCUT2D eigenvalue weighted by atomic mass is 14.9. The zero-order valence-corrected chi connectivity index (χ0v) is 4.78. The van der Waals surface area contributed by atoms with Crippen LogP contribution in [0.4, 0.5) is 0 Å². The quantitative estimate of drug-likeness (QED) is 0.411. The van der Waals surface area contributed by atoms with Crippen LogP contribution in [0.1, 0.15) is 0 Å². The summed E-state index contributed by atoms with van der Waals surface area (Å²) in [4.78, 5) is 8.03. The summed E-state index contributed by atoms with van der Waals surface area (Å²) in [6, 6.07) is 0. The largest absolute Gasteiger partial charge is 0.254 e. The maximum Gasteiger partial charge on any atom is 0.0901 e. The Kier molecular flexibility index (Phi) is 1.34. The van der Waals surface area contributed by atoms with Crippen molar-refractivity contribution >= 4 is 20.8 Å². The minimum Gasteiger partial charge on any atom is -0.254 e. The lowest BCUT2D eigenvalue weighted by Gasteiger charge is -1.83. The van der Waals surface area contributed by atoms with Gasteiger partial charge < -0.3 is 0 Å². The summed E-state index contributed by atoms with van der Waals surface area (Å²) in [5.41, 5.74) is 1.98. The van der Waals surface area contributed by atoms with E-state index in [1.54, 1.807) is 12.4 Å². The molecule has 0 amide bonds. The van der Waals surface area contributed by atoms with Crippen LogP contribution in [-0.4, -0.2) is 20.8 Å². The van der Waals surface area contributed by atoms with Crippen molar-refractivity contribution in [3.8, 4) is 0 Å². The van der Waals surface area contributed by atoms with E-state index < -0.39 is 0 Å². The van der Waals surface area contributed by atoms with Gasteiger partial charge in [-0.2, -0.15) is 0 Å². The maximum atomic E-state index is 4.02. The molecule has 2 heterocycles. The van der Waals surface area contributed by atoms with E-state index in [-0.39, 0.29) is 8.41 Å². The first kappa shape index (κ1) is 6.01. The van der Waals surface area contributed by atoms with Gasteiger partial charge in [-0.25, -0.2) is 0 Å². The first-order chi connectivity index (χ1) is 3.97. The number of allylic oxidation sites excluding steroid dienone is 2. The van der Waals surface area contributed by atoms with Gasteiger partial charge in [-0.05, 0) is 12.2 Å². The molecule has 0 aromatic carbocycles. The molecule has 0 aromatic heterocycles. The first-order valence-electron chi connectivity index (χ1n) is 2.46. The smallest absolute Gasteiger partial charge is 0.0901 e. The summed E-state index contributed by atoms with van der Waals surface area (Å²) in [7, 11) is 0. The van der Waals surface area contributed by atoms with Crippen LogP contribution in [-0.2, 0) is 0 Å². The van der Waals surface area contributed by atoms with Gasteiger partial charge in [0.2, 0.25) is 0 Å². The molecule has 0 aliphatic carbocycles. The van der Waals surface area contributed by atoms with Crippen molar-refractivity contribution in [2.45, 2.75) is 0 Å². The van der Waals surface area contributed by atoms with Crippen molar-refractivity contribution in [1.82, 2.24) is 0 Å². The number of rotatable bonds is 0. The maximum absolute atomic E-state index is 4.02. The summed E-state index contributed by atoms with van der Waals surface area (Å²) < 4.78 is 0. The molecule has 41 valence electrons. The molecule has 0 atom stereocenters. The Morgan fingerprint density at radius 2 is 1.33 bits per heavy atom. The molecule has 0 saturated heterocycles. The molecular weight excluding hydrogens is 111 g/mol. The van der Waals surface area contributed by atoms with Crippen LogP contribution < -0.4 is 0 Å². The Bertz CT molecular complexity index is 209. The molecule has 0 saturated carbocycles. The van der Waals surface area contributed by atoms with Gasteiger partial charge in [0.1, 0.15) is 0 Å². The molecule has 0 spiro atoms. The Labute approximate surface area is 55.3 Å². The molecule has 9 heavy (non-hydrogen) atoms. The highest BCUT2D eigenvalue weighted by molar-refractivity contribution is 5.88. The van der Waals surface area contributed by atoms with Crippen molar-refractivity contribution in [2.24, 2.45) is 9.98 Å². The number of fused-ring (bicyclic) bond motifs is 1. The molecule has 2 nitrogen and oxygen atoms in total. The summed E-state index contributed by atoms with van der Waals surface area (Å²) in [6.07, 6.45) is 7.32. The van der Waals surface area contributed by atoms with E-state index in [0.29, 0.717) is 0 Å². The van der Waals surface area contributed by atoms with E-state index in [4.69, 9.17) is 0 Å². The van der Waals surface area contributed by atoms with Crippen LogP contribution >= 0.6 is 0 Å². The van der Waals surface area contributed by atoms with Gasteiger partial charge in [0.25, 0.3) is 0 Å². The molecule has 2 aliphatic rings. The summed E-state index contributed by atoms with van der Waals surface area (Å²) >= 11 is 0. The molecule has 0 bridgehead atoms. The molecule has 3 heteroatoms. The van der Waals surface area contributed by atoms with Crippen molar-refractivity contribution in [1.29, 1.82) is 0 Å². The highest BCUT2D eigenvalue weighted by Gasteiger charge is 2.07. The van der Waals surface area contributed by atoms with E-state index in [1.807, 2.05) is 12.2 Å². The fourth-order valence-corrected chi connectivity index (χ4v) is 0.765. The number of aliphatic imine (C=N–C) groups is 2. The Morgan fingerprint density at radius 1 is 0.889 bits per heavy atom. The second kappa shape index (κ2) is 2.01. The summed E-state index contributed by atoms with van der Waals surface area (Å²) in [6.45, 7) is 0. The summed E-state index contributed by atoms with van der Waals surface area (Å²) in [5, 5.41) is 0. The third-order valence-corrected chi connectivity index (χ3v) is 1.15. The van der Waals surface area contributed by atoms with E-state index in [0.717, 1.165) is 11.4 Å². The minimum atomic E-state index is 0. The lowest BCUT2D eigenvalue weighted by molar-refractivity contribution is 1.33. The first-order valence-corrected chi connectivity index (χ1v) is 2.46. The van der Waals surface area contributed by atoms with E-state index in [2.05, 4.69) is 9.98 Å². The SMILES string of the molecule is C1=NC2=CC=NC2=C1.[B]. The third kappa shape index (κ3) is 0.742. The topological polar surface area (TPSA) is 24.7 Å². The van der Waals surface area contributed by atoms with Crippen LogP contribution in [0.2, 0.25) is 0 Å². The van der Waals surface area contributed by atoms with Crippen LogP contribution in [0.15, 0.2) is 33.5 Å². The number of hydrogen-bond donors (Lipinski definition) is 0. The molecule has 0 unspecified atom stereocenters. The molecule has 2 rings (SSSR count). The zero-order chi connectivity index (χ0) is 5.40. The fraction of sp³-hybridized carbons (Fsp3) is 0. The average molecular weight is 115 g/mol. The van der Waals surface area contributed by atoms with E-state index in [1.165, 1.54) is 0 Å². The van der Waals surface area contributed by atoms with Gasteiger partial charge in [-0.1, -0.05) is 0 Å². The second-order valence-corrected chi connectivity index (χ2v) is 1.66. The Hall–Kier alpha value is -1.12. The molecule has 3 radical (unpaired) electrons. The van der Waals surface area contributed by atoms with Crippen molar-refractivity contribution in [3.63, 3.8) is 0 Å². The standard InChI is InChI=1S/C6H4N2.B/c1-3-7-6-2-4-8-5(1)6;/h1-4H;. The fourth-order valence-electron chi connectivity index (χ4n) is 0.765. The predicted octanol–water partition coefficient (Wildman–Crippen LogP) is 0.542. The van der Waals surface area contributed by atoms with Gasteiger partial charge in [0, 0.05) is 20.8 Å². The minimum absolute atomic E-state index is 0. The Morgan fingerprint density at radius 3 is 1.78 bits per heavy atom. The van der Waals surface area contributed by atoms with Gasteiger partial charge in [-0.15, -0.1) is 0 Å². The zero-order valence-electron chi connectivity index (χ0n) is 4.78. The Balaban J connectivity index is 0.000000405. The van der Waals surface area contributed by atoms with Gasteiger partial charge in [-0.3, -0.25) is 9.98 Å². The van der Waals surface area contributed by atoms with Gasteiger partial charge in [0.15, 0.2) is 0 Å². The lowest BCUT2D eigenvalue weighted by Crippen LogP contribution is -1.66. The van der Waals surface area contributed by atoms with Gasteiger partial charge >= 0.3 is 0 Å². The molecule has 0 aromatic rings. The van der Waals surface area contributed by atoms with E-state index in [9.17, 15) is 0 Å². The number of nitrogens with zero attached hydrogens (tertiary/aromatic N) is 2. The van der Waals surface area contributed by atoms with Crippen molar-refractivity contribution < 1.29 is 0 Å². The van der Waals surface area contributed by atoms with Crippen LogP contribution in [0.3, 0.4) is 0 Å². The summed E-state index contributed by atoms with van der Waals surface area (Å²) in [5.74, 6) is 0. The number of hydrogen-bond acceptors (Lipinski definition) is 2. The second-order valence-electron chi connectivity index (χ2n) is 1.66. The average Bonchev–Trinajstić information content (AvgIpc) is 2.15. The van der Waals surface area contributed by atoms with Crippen LogP contribution in [0.5, 0.6) is 0 Å². The van der Waals surface area contributed by atoms with Crippen LogP contribution in [0.25, 0.3) is 0 Å². The normalized spacial score (nSPS) is 18.7.